The number of aromatic amines is 1. The Kier molecular flexibility index (Phi) is 6.37. The number of benzene rings is 1. The van der Waals surface area contributed by atoms with Gasteiger partial charge in [-0.25, -0.2) is 9.98 Å². The van der Waals surface area contributed by atoms with E-state index in [-0.39, 0.29) is 36.2 Å². The Morgan fingerprint density at radius 2 is 2.11 bits per heavy atom. The van der Waals surface area contributed by atoms with Crippen LogP contribution in [-0.2, 0) is 6.61 Å². The Morgan fingerprint density at radius 3 is 2.89 bits per heavy atom. The van der Waals surface area contributed by atoms with Crippen LogP contribution in [0.15, 0.2) is 65.7 Å². The first-order valence-corrected chi connectivity index (χ1v) is 9.13. The Balaban J connectivity index is 0.00000210. The maximum Gasteiger partial charge on any atom is 1.00 e. The van der Waals surface area contributed by atoms with Crippen LogP contribution in [0.3, 0.4) is 0 Å². The molecule has 0 unspecified atom stereocenters. The number of pyridine rings is 1. The van der Waals surface area contributed by atoms with E-state index in [0.717, 1.165) is 22.3 Å². The maximum atomic E-state index is 11.6. The molecular weight excluding hydrogens is 391 g/mol. The number of fused-ring (bicyclic) bond motifs is 1. The van der Waals surface area contributed by atoms with Gasteiger partial charge in [0.05, 0.1) is 16.4 Å². The fourth-order valence-electron chi connectivity index (χ4n) is 2.80. The van der Waals surface area contributed by atoms with E-state index in [2.05, 4.69) is 16.5 Å². The number of aromatic nitrogens is 3. The van der Waals surface area contributed by atoms with E-state index >= 15 is 0 Å². The predicted molar refractivity (Wildman–Crippen MR) is 103 cm³/mol. The van der Waals surface area contributed by atoms with Crippen LogP contribution in [-0.4, -0.2) is 14.5 Å². The van der Waals surface area contributed by atoms with Crippen LogP contribution in [0, 0.1) is 0 Å². The SMILES string of the molecule is C=C(N=c1scc(C[O-])n1-c1ccccc1Cl)c1ccnc2[nH]ccc12.[Na+]. The average Bonchev–Trinajstić information content (AvgIpc) is 3.28. The summed E-state index contributed by atoms with van der Waals surface area (Å²) in [6.45, 7) is 3.76. The van der Waals surface area contributed by atoms with Crippen LogP contribution < -0.4 is 39.5 Å². The standard InChI is InChI=1S/C19H14ClN4OS.Na/c1-12(14-6-8-21-18-15(14)7-9-22-18)23-19-24(13(10-25)11-26-19)17-5-3-2-4-16(17)20;/h2-9,11H,1,10H2,(H,21,22);/q-1;+1. The van der Waals surface area contributed by atoms with Gasteiger partial charge in [0.15, 0.2) is 4.80 Å². The van der Waals surface area contributed by atoms with Crippen LogP contribution in [0.4, 0.5) is 0 Å². The van der Waals surface area contributed by atoms with Gasteiger partial charge in [-0.2, -0.15) is 0 Å². The molecule has 1 N–H and O–H groups in total. The first kappa shape index (κ1) is 20.1. The fraction of sp³-hybridized carbons (Fsp3) is 0.0526. The third-order valence-electron chi connectivity index (χ3n) is 4.02. The van der Waals surface area contributed by atoms with Crippen molar-refractivity contribution in [2.75, 3.05) is 0 Å². The van der Waals surface area contributed by atoms with E-state index in [1.54, 1.807) is 22.2 Å². The first-order valence-electron chi connectivity index (χ1n) is 7.87. The van der Waals surface area contributed by atoms with Crippen molar-refractivity contribution in [1.29, 1.82) is 0 Å². The molecule has 27 heavy (non-hydrogen) atoms. The second-order valence-corrected chi connectivity index (χ2v) is 6.84. The molecule has 8 heteroatoms. The number of H-pyrrole nitrogens is 1. The van der Waals surface area contributed by atoms with Crippen molar-refractivity contribution < 1.29 is 34.7 Å². The van der Waals surface area contributed by atoms with Crippen molar-refractivity contribution in [3.05, 3.63) is 81.8 Å². The molecule has 0 fully saturated rings. The number of nitrogens with one attached hydrogen (secondary N) is 1. The number of thiazole rings is 1. The molecule has 3 heterocycles. The Labute approximate surface area is 187 Å². The van der Waals surface area contributed by atoms with Crippen LogP contribution in [0.25, 0.3) is 22.4 Å². The zero-order chi connectivity index (χ0) is 18.1. The molecule has 0 saturated heterocycles. The molecule has 0 bridgehead atoms. The minimum atomic E-state index is -0.360. The summed E-state index contributed by atoms with van der Waals surface area (Å²) in [6, 6.07) is 11.2. The summed E-state index contributed by atoms with van der Waals surface area (Å²) >= 11 is 7.73. The summed E-state index contributed by atoms with van der Waals surface area (Å²) in [7, 11) is 0. The predicted octanol–water partition coefficient (Wildman–Crippen LogP) is 0.504. The third kappa shape index (κ3) is 3.82. The molecular formula is C19H14ClN4NaOS. The minimum Gasteiger partial charge on any atom is -0.850 e. The molecule has 130 valence electrons. The second kappa shape index (κ2) is 8.56. The molecule has 0 atom stereocenters. The molecule has 4 rings (SSSR count). The summed E-state index contributed by atoms with van der Waals surface area (Å²) < 4.78 is 1.79. The summed E-state index contributed by atoms with van der Waals surface area (Å²) in [4.78, 5) is 12.7. The van der Waals surface area contributed by atoms with Gasteiger partial charge < -0.3 is 10.1 Å². The van der Waals surface area contributed by atoms with Gasteiger partial charge in [-0.1, -0.05) is 36.9 Å². The molecule has 0 amide bonds. The van der Waals surface area contributed by atoms with Crippen LogP contribution in [0.2, 0.25) is 5.02 Å². The molecule has 4 aromatic rings. The largest absolute Gasteiger partial charge is 1.00 e. The Hall–Kier alpha value is -1.67. The summed E-state index contributed by atoms with van der Waals surface area (Å²) in [6.07, 6.45) is 3.55. The monoisotopic (exact) mass is 404 g/mol. The Morgan fingerprint density at radius 1 is 1.30 bits per heavy atom. The van der Waals surface area contributed by atoms with Gasteiger partial charge in [0.1, 0.15) is 5.65 Å². The number of hydrogen-bond acceptors (Lipinski definition) is 4. The number of halogens is 1. The van der Waals surface area contributed by atoms with Crippen molar-refractivity contribution in [2.24, 2.45) is 4.99 Å². The van der Waals surface area contributed by atoms with Crippen molar-refractivity contribution in [3.8, 4) is 5.69 Å². The molecule has 0 radical (unpaired) electrons. The van der Waals surface area contributed by atoms with Gasteiger partial charge >= 0.3 is 29.6 Å². The van der Waals surface area contributed by atoms with Gasteiger partial charge in [0.2, 0.25) is 0 Å². The summed E-state index contributed by atoms with van der Waals surface area (Å²) in [5, 5.41) is 14.9. The van der Waals surface area contributed by atoms with Gasteiger partial charge in [0, 0.05) is 34.4 Å². The van der Waals surface area contributed by atoms with Crippen molar-refractivity contribution >= 4 is 39.7 Å². The van der Waals surface area contributed by atoms with Gasteiger partial charge in [-0.3, -0.25) is 4.57 Å². The van der Waals surface area contributed by atoms with E-state index in [4.69, 9.17) is 16.6 Å². The number of hydrogen-bond donors (Lipinski definition) is 1. The molecule has 1 aromatic carbocycles. The molecule has 0 aliphatic carbocycles. The van der Waals surface area contributed by atoms with Crippen LogP contribution >= 0.6 is 22.9 Å². The van der Waals surface area contributed by atoms with E-state index in [1.165, 1.54) is 11.3 Å². The van der Waals surface area contributed by atoms with Crippen LogP contribution in [0.1, 0.15) is 11.3 Å². The summed E-state index contributed by atoms with van der Waals surface area (Å²) in [5.74, 6) is 0. The van der Waals surface area contributed by atoms with E-state index < -0.39 is 0 Å². The zero-order valence-corrected chi connectivity index (χ0v) is 18.2. The van der Waals surface area contributed by atoms with Gasteiger partial charge in [-0.05, 0) is 24.3 Å². The zero-order valence-electron chi connectivity index (χ0n) is 14.6. The van der Waals surface area contributed by atoms with Crippen molar-refractivity contribution in [3.63, 3.8) is 0 Å². The van der Waals surface area contributed by atoms with E-state index in [1.807, 2.05) is 36.5 Å². The molecule has 5 nitrogen and oxygen atoms in total. The molecule has 0 spiro atoms. The fourth-order valence-corrected chi connectivity index (χ4v) is 3.92. The Bertz CT molecular complexity index is 1180. The average molecular weight is 405 g/mol. The molecule has 0 aliphatic rings. The first-order chi connectivity index (χ1) is 12.7. The molecule has 0 saturated carbocycles. The smallest absolute Gasteiger partial charge is 0.850 e. The molecule has 0 aliphatic heterocycles. The second-order valence-electron chi connectivity index (χ2n) is 5.60. The topological polar surface area (TPSA) is 69.0 Å². The third-order valence-corrected chi connectivity index (χ3v) is 5.22. The quantitative estimate of drug-likeness (QED) is 0.503. The normalized spacial score (nSPS) is 11.6. The maximum absolute atomic E-state index is 11.6. The number of para-hydroxylation sites is 1. The number of nitrogens with zero attached hydrogens (tertiary/aromatic N) is 3. The number of rotatable bonds is 4. The van der Waals surface area contributed by atoms with E-state index in [9.17, 15) is 5.11 Å². The van der Waals surface area contributed by atoms with Crippen molar-refractivity contribution in [2.45, 2.75) is 6.61 Å². The summed E-state index contributed by atoms with van der Waals surface area (Å²) in [5.41, 5.74) is 3.60. The van der Waals surface area contributed by atoms with E-state index in [0.29, 0.717) is 21.2 Å². The van der Waals surface area contributed by atoms with Crippen molar-refractivity contribution in [1.82, 2.24) is 14.5 Å². The van der Waals surface area contributed by atoms with Gasteiger partial charge in [-0.15, -0.1) is 11.3 Å². The van der Waals surface area contributed by atoms with Crippen LogP contribution in [0.5, 0.6) is 0 Å². The molecule has 3 aromatic heterocycles. The van der Waals surface area contributed by atoms with Gasteiger partial charge in [0.25, 0.3) is 0 Å². The minimum absolute atomic E-state index is 0.